The van der Waals surface area contributed by atoms with Crippen molar-refractivity contribution < 1.29 is 32.5 Å². The number of aromatic amines is 1. The summed E-state index contributed by atoms with van der Waals surface area (Å²) in [4.78, 5) is 13.5. The second-order valence-electron chi connectivity index (χ2n) is 9.90. The number of aliphatic hydroxyl groups excluding tert-OH is 1. The summed E-state index contributed by atoms with van der Waals surface area (Å²) in [6.45, 7) is -0.0862. The minimum absolute atomic E-state index is 0.165. The van der Waals surface area contributed by atoms with Crippen molar-refractivity contribution in [2.45, 2.75) is 43.7 Å². The third-order valence-corrected chi connectivity index (χ3v) is 7.39. The van der Waals surface area contributed by atoms with Crippen LogP contribution in [-0.2, 0) is 22.6 Å². The highest BCUT2D eigenvalue weighted by Gasteiger charge is 2.48. The first kappa shape index (κ1) is 24.8. The highest BCUT2D eigenvalue weighted by Crippen LogP contribution is 2.33. The van der Waals surface area contributed by atoms with Crippen molar-refractivity contribution in [1.29, 1.82) is 0 Å². The molecular formula is C25H22ClF3N6O4. The number of nitrogens with one attached hydrogen (secondary N) is 1. The number of hydrogen-bond donors (Lipinski definition) is 2. The first-order valence-electron chi connectivity index (χ1n) is 12.3. The Labute approximate surface area is 224 Å². The normalized spacial score (nSPS) is 24.9. The Kier molecular flexibility index (Phi) is 5.83. The van der Waals surface area contributed by atoms with E-state index in [1.165, 1.54) is 4.90 Å². The van der Waals surface area contributed by atoms with Gasteiger partial charge in [-0.15, -0.1) is 0 Å². The van der Waals surface area contributed by atoms with Gasteiger partial charge in [-0.25, -0.2) is 9.67 Å². The molecule has 2 N–H and O–H groups in total. The van der Waals surface area contributed by atoms with Gasteiger partial charge >= 0.3 is 6.18 Å². The standard InChI is InChI=1S/C25H22ClF3N6O4/c26-15-5-16-23(32-24(30-16)39-19-10-38-21-18(36)9-37-22(19)21)31-20(15)12-1-3-14(4-2-12)35-7-13-6-34(8-17(13)33-35)11-25(27,28)29/h1-5,7,18-19,21-22,36H,6,8-11H2,(H,30,31,32). The third-order valence-electron chi connectivity index (χ3n) is 7.10. The van der Waals surface area contributed by atoms with Gasteiger partial charge in [-0.05, 0) is 18.2 Å². The Hall–Kier alpha value is -3.23. The molecule has 3 aliphatic heterocycles. The smallest absolute Gasteiger partial charge is 0.401 e. The molecule has 14 heteroatoms. The van der Waals surface area contributed by atoms with Crippen LogP contribution < -0.4 is 4.74 Å². The number of halogens is 4. The number of alkyl halides is 3. The van der Waals surface area contributed by atoms with Gasteiger partial charge < -0.3 is 24.3 Å². The van der Waals surface area contributed by atoms with Crippen LogP contribution in [0.3, 0.4) is 0 Å². The summed E-state index contributed by atoms with van der Waals surface area (Å²) in [5.74, 6) is 0. The number of fused-ring (bicyclic) bond motifs is 3. The molecule has 0 radical (unpaired) electrons. The van der Waals surface area contributed by atoms with E-state index in [0.29, 0.717) is 27.6 Å². The minimum atomic E-state index is -4.23. The van der Waals surface area contributed by atoms with Gasteiger partial charge in [0.2, 0.25) is 0 Å². The molecule has 3 aliphatic rings. The summed E-state index contributed by atoms with van der Waals surface area (Å²) in [6.07, 6.45) is -4.33. The zero-order valence-corrected chi connectivity index (χ0v) is 21.0. The third kappa shape index (κ3) is 4.63. The van der Waals surface area contributed by atoms with Crippen LogP contribution >= 0.6 is 11.6 Å². The van der Waals surface area contributed by atoms with Crippen molar-refractivity contribution in [3.05, 3.63) is 52.8 Å². The zero-order chi connectivity index (χ0) is 26.9. The predicted molar refractivity (Wildman–Crippen MR) is 132 cm³/mol. The van der Waals surface area contributed by atoms with Gasteiger partial charge in [-0.2, -0.15) is 23.3 Å². The molecular weight excluding hydrogens is 541 g/mol. The topological polar surface area (TPSA) is 111 Å². The van der Waals surface area contributed by atoms with Crippen LogP contribution in [0.2, 0.25) is 5.02 Å². The van der Waals surface area contributed by atoms with Crippen molar-refractivity contribution in [1.82, 2.24) is 29.6 Å². The van der Waals surface area contributed by atoms with Crippen LogP contribution in [0.1, 0.15) is 11.3 Å². The summed E-state index contributed by atoms with van der Waals surface area (Å²) in [5, 5.41) is 14.8. The predicted octanol–water partition coefficient (Wildman–Crippen LogP) is 3.25. The number of rotatable bonds is 5. The van der Waals surface area contributed by atoms with Crippen LogP contribution in [0, 0.1) is 0 Å². The minimum Gasteiger partial charge on any atom is -0.456 e. The lowest BCUT2D eigenvalue weighted by atomic mass is 10.1. The Morgan fingerprint density at radius 2 is 1.90 bits per heavy atom. The first-order valence-corrected chi connectivity index (χ1v) is 12.7. The summed E-state index contributed by atoms with van der Waals surface area (Å²) < 4.78 is 56.9. The van der Waals surface area contributed by atoms with Crippen LogP contribution in [-0.4, -0.2) is 85.1 Å². The van der Waals surface area contributed by atoms with Crippen molar-refractivity contribution in [3.63, 3.8) is 0 Å². The van der Waals surface area contributed by atoms with Gasteiger partial charge in [0.15, 0.2) is 11.8 Å². The van der Waals surface area contributed by atoms with Crippen molar-refractivity contribution in [2.75, 3.05) is 19.8 Å². The molecule has 39 heavy (non-hydrogen) atoms. The molecule has 1 aromatic carbocycles. The average molecular weight is 563 g/mol. The Balaban J connectivity index is 1.07. The fourth-order valence-corrected chi connectivity index (χ4v) is 5.59. The molecule has 10 nitrogen and oxygen atoms in total. The quantitative estimate of drug-likeness (QED) is 0.381. The van der Waals surface area contributed by atoms with Gasteiger partial charge in [0.25, 0.3) is 6.01 Å². The van der Waals surface area contributed by atoms with Gasteiger partial charge in [0.1, 0.15) is 18.3 Å². The highest BCUT2D eigenvalue weighted by molar-refractivity contribution is 6.33. The van der Waals surface area contributed by atoms with E-state index in [2.05, 4.69) is 20.1 Å². The molecule has 4 atom stereocenters. The maximum absolute atomic E-state index is 12.7. The molecule has 0 bridgehead atoms. The van der Waals surface area contributed by atoms with E-state index in [0.717, 1.165) is 16.8 Å². The molecule has 4 unspecified atom stereocenters. The van der Waals surface area contributed by atoms with Crippen LogP contribution in [0.25, 0.3) is 28.1 Å². The fourth-order valence-electron chi connectivity index (χ4n) is 5.33. The van der Waals surface area contributed by atoms with Crippen molar-refractivity contribution in [2.24, 2.45) is 0 Å². The number of hydrogen-bond acceptors (Lipinski definition) is 8. The highest BCUT2D eigenvalue weighted by atomic mass is 35.5. The van der Waals surface area contributed by atoms with Crippen LogP contribution in [0.4, 0.5) is 13.2 Å². The maximum atomic E-state index is 12.7. The van der Waals surface area contributed by atoms with E-state index in [4.69, 9.17) is 25.8 Å². The molecule has 0 amide bonds. The molecule has 4 aromatic rings. The lowest BCUT2D eigenvalue weighted by Gasteiger charge is -2.17. The van der Waals surface area contributed by atoms with E-state index in [1.54, 1.807) is 16.9 Å². The lowest BCUT2D eigenvalue weighted by molar-refractivity contribution is -0.147. The van der Waals surface area contributed by atoms with E-state index >= 15 is 0 Å². The largest absolute Gasteiger partial charge is 0.456 e. The summed E-state index contributed by atoms with van der Waals surface area (Å²) >= 11 is 6.55. The van der Waals surface area contributed by atoms with Crippen LogP contribution in [0.15, 0.2) is 36.5 Å². The molecule has 0 saturated carbocycles. The molecule has 7 rings (SSSR count). The number of imidazole rings is 1. The second kappa shape index (κ2) is 9.17. The van der Waals surface area contributed by atoms with Gasteiger partial charge in [0.05, 0.1) is 47.4 Å². The summed E-state index contributed by atoms with van der Waals surface area (Å²) in [5.41, 5.74) is 4.50. The Bertz CT molecular complexity index is 1520. The number of aromatic nitrogens is 5. The number of benzene rings is 1. The molecule has 2 saturated heterocycles. The molecule has 204 valence electrons. The molecule has 0 aliphatic carbocycles. The second-order valence-corrected chi connectivity index (χ2v) is 10.3. The molecule has 6 heterocycles. The monoisotopic (exact) mass is 562 g/mol. The van der Waals surface area contributed by atoms with E-state index in [-0.39, 0.29) is 38.4 Å². The van der Waals surface area contributed by atoms with Gasteiger partial charge in [-0.3, -0.25) is 4.90 Å². The fraction of sp³-hybridized carbons (Fsp3) is 0.400. The Morgan fingerprint density at radius 3 is 2.67 bits per heavy atom. The van der Waals surface area contributed by atoms with E-state index in [1.807, 2.05) is 24.3 Å². The summed E-state index contributed by atoms with van der Waals surface area (Å²) in [7, 11) is 0. The van der Waals surface area contributed by atoms with Crippen LogP contribution in [0.5, 0.6) is 6.01 Å². The zero-order valence-electron chi connectivity index (χ0n) is 20.2. The molecule has 0 spiro atoms. The van der Waals surface area contributed by atoms with Crippen molar-refractivity contribution in [3.8, 4) is 23.0 Å². The molecule has 3 aromatic heterocycles. The number of pyridine rings is 1. The maximum Gasteiger partial charge on any atom is 0.401 e. The van der Waals surface area contributed by atoms with Gasteiger partial charge in [-0.1, -0.05) is 23.7 Å². The number of ether oxygens (including phenoxy) is 3. The van der Waals surface area contributed by atoms with E-state index in [9.17, 15) is 18.3 Å². The first-order chi connectivity index (χ1) is 18.7. The van der Waals surface area contributed by atoms with Crippen molar-refractivity contribution >= 4 is 22.8 Å². The SMILES string of the molecule is OC1COC2C(Oc3nc4nc(-c5ccc(-n6cc7c(n6)CN(CC(F)(F)F)C7)cc5)c(Cl)cc4[nH]3)COC12. The van der Waals surface area contributed by atoms with E-state index < -0.39 is 31.0 Å². The number of aliphatic hydroxyl groups is 1. The molecule has 2 fully saturated rings. The lowest BCUT2D eigenvalue weighted by Crippen LogP contribution is -2.34. The van der Waals surface area contributed by atoms with Gasteiger partial charge in [0, 0.05) is 30.4 Å². The Morgan fingerprint density at radius 1 is 1.10 bits per heavy atom. The summed E-state index contributed by atoms with van der Waals surface area (Å²) in [6, 6.07) is 9.36. The average Bonchev–Trinajstić information content (AvgIpc) is 3.67. The number of nitrogens with zero attached hydrogens (tertiary/aromatic N) is 5. The number of H-pyrrole nitrogens is 1.